The van der Waals surface area contributed by atoms with Crippen LogP contribution in [0.3, 0.4) is 0 Å². The summed E-state index contributed by atoms with van der Waals surface area (Å²) in [5, 5.41) is 0. The number of rotatable bonds is 1. The quantitative estimate of drug-likeness (QED) is 0.844. The van der Waals surface area contributed by atoms with E-state index in [-0.39, 0.29) is 5.56 Å². The SMILES string of the molecule is O=c1ccc(Br)c(-c2ccccn2)[nH]1. The summed E-state index contributed by atoms with van der Waals surface area (Å²) in [5.74, 6) is 0. The fourth-order valence-electron chi connectivity index (χ4n) is 1.15. The summed E-state index contributed by atoms with van der Waals surface area (Å²) >= 11 is 3.36. The van der Waals surface area contributed by atoms with Crippen molar-refractivity contribution in [2.45, 2.75) is 0 Å². The number of H-pyrrole nitrogens is 1. The number of nitrogens with one attached hydrogen (secondary N) is 1. The molecule has 0 aliphatic carbocycles. The Balaban J connectivity index is 2.62. The molecule has 1 N–H and O–H groups in total. The van der Waals surface area contributed by atoms with E-state index in [4.69, 9.17) is 0 Å². The van der Waals surface area contributed by atoms with Gasteiger partial charge >= 0.3 is 0 Å². The second-order valence-electron chi connectivity index (χ2n) is 2.76. The van der Waals surface area contributed by atoms with Gasteiger partial charge in [-0.2, -0.15) is 0 Å². The van der Waals surface area contributed by atoms with Crippen molar-refractivity contribution in [2.75, 3.05) is 0 Å². The van der Waals surface area contributed by atoms with Gasteiger partial charge < -0.3 is 4.98 Å². The Morgan fingerprint density at radius 1 is 1.21 bits per heavy atom. The molecule has 0 bridgehead atoms. The predicted octanol–water partition coefficient (Wildman–Crippen LogP) is 2.20. The maximum Gasteiger partial charge on any atom is 0.248 e. The van der Waals surface area contributed by atoms with Crippen LogP contribution in [0.4, 0.5) is 0 Å². The molecule has 4 heteroatoms. The summed E-state index contributed by atoms with van der Waals surface area (Å²) in [5.41, 5.74) is 1.32. The minimum Gasteiger partial charge on any atom is -0.320 e. The van der Waals surface area contributed by atoms with Crippen LogP contribution in [-0.2, 0) is 0 Å². The molecule has 0 fully saturated rings. The van der Waals surface area contributed by atoms with Gasteiger partial charge in [-0.25, -0.2) is 0 Å². The van der Waals surface area contributed by atoms with Crippen LogP contribution < -0.4 is 5.56 Å². The maximum atomic E-state index is 11.1. The molecule has 70 valence electrons. The van der Waals surface area contributed by atoms with Crippen molar-refractivity contribution >= 4 is 15.9 Å². The molecule has 0 aliphatic rings. The van der Waals surface area contributed by atoms with E-state index in [1.54, 1.807) is 12.3 Å². The Bertz CT molecular complexity index is 493. The zero-order valence-corrected chi connectivity index (χ0v) is 8.78. The largest absolute Gasteiger partial charge is 0.320 e. The smallest absolute Gasteiger partial charge is 0.248 e. The van der Waals surface area contributed by atoms with Gasteiger partial charge in [0.2, 0.25) is 5.56 Å². The highest BCUT2D eigenvalue weighted by Gasteiger charge is 2.03. The third kappa shape index (κ3) is 1.75. The highest BCUT2D eigenvalue weighted by molar-refractivity contribution is 9.10. The van der Waals surface area contributed by atoms with E-state index in [9.17, 15) is 4.79 Å². The van der Waals surface area contributed by atoms with Crippen LogP contribution in [0.25, 0.3) is 11.4 Å². The van der Waals surface area contributed by atoms with Crippen molar-refractivity contribution in [3.63, 3.8) is 0 Å². The molecule has 0 aliphatic heterocycles. The summed E-state index contributed by atoms with van der Waals surface area (Å²) < 4.78 is 0.829. The van der Waals surface area contributed by atoms with Crippen molar-refractivity contribution < 1.29 is 0 Å². The molecule has 0 atom stereocenters. The monoisotopic (exact) mass is 250 g/mol. The Kier molecular flexibility index (Phi) is 2.45. The second kappa shape index (κ2) is 3.75. The Morgan fingerprint density at radius 2 is 2.07 bits per heavy atom. The normalized spacial score (nSPS) is 10.1. The molecular weight excluding hydrogens is 244 g/mol. The molecule has 2 rings (SSSR count). The molecular formula is C10H7BrN2O. The van der Waals surface area contributed by atoms with E-state index in [2.05, 4.69) is 25.9 Å². The van der Waals surface area contributed by atoms with Gasteiger partial charge in [0.25, 0.3) is 0 Å². The lowest BCUT2D eigenvalue weighted by molar-refractivity contribution is 1.19. The van der Waals surface area contributed by atoms with Gasteiger partial charge in [-0.05, 0) is 34.1 Å². The fraction of sp³-hybridized carbons (Fsp3) is 0. The first-order valence-electron chi connectivity index (χ1n) is 4.07. The van der Waals surface area contributed by atoms with Crippen molar-refractivity contribution in [3.05, 3.63) is 51.4 Å². The van der Waals surface area contributed by atoms with Gasteiger partial charge in [-0.1, -0.05) is 6.07 Å². The van der Waals surface area contributed by atoms with Gasteiger partial charge in [-0.3, -0.25) is 9.78 Å². The third-order valence-electron chi connectivity index (χ3n) is 1.79. The molecule has 0 unspecified atom stereocenters. The van der Waals surface area contributed by atoms with Gasteiger partial charge in [-0.15, -0.1) is 0 Å². The maximum absolute atomic E-state index is 11.1. The Labute approximate surface area is 89.0 Å². The first kappa shape index (κ1) is 9.15. The van der Waals surface area contributed by atoms with Crippen molar-refractivity contribution in [1.82, 2.24) is 9.97 Å². The highest BCUT2D eigenvalue weighted by Crippen LogP contribution is 2.21. The average molecular weight is 251 g/mol. The average Bonchev–Trinajstić information content (AvgIpc) is 2.23. The van der Waals surface area contributed by atoms with Crippen molar-refractivity contribution in [3.8, 4) is 11.4 Å². The number of hydrogen-bond acceptors (Lipinski definition) is 2. The van der Waals surface area contributed by atoms with Crippen LogP contribution in [-0.4, -0.2) is 9.97 Å². The molecule has 0 amide bonds. The van der Waals surface area contributed by atoms with Crippen LogP contribution in [0.5, 0.6) is 0 Å². The standard InChI is InChI=1S/C10H7BrN2O/c11-7-4-5-9(14)13-10(7)8-3-1-2-6-12-8/h1-6H,(H,13,14). The van der Waals surface area contributed by atoms with E-state index in [0.717, 1.165) is 10.2 Å². The van der Waals surface area contributed by atoms with Gasteiger partial charge in [0, 0.05) is 16.7 Å². The van der Waals surface area contributed by atoms with Crippen molar-refractivity contribution in [1.29, 1.82) is 0 Å². The number of halogens is 1. The van der Waals surface area contributed by atoms with Crippen molar-refractivity contribution in [2.24, 2.45) is 0 Å². The zero-order chi connectivity index (χ0) is 9.97. The molecule has 0 saturated heterocycles. The topological polar surface area (TPSA) is 45.8 Å². The number of pyridine rings is 2. The molecule has 3 nitrogen and oxygen atoms in total. The molecule has 2 aromatic heterocycles. The summed E-state index contributed by atoms with van der Waals surface area (Å²) in [4.78, 5) is 18.0. The first-order valence-corrected chi connectivity index (χ1v) is 4.87. The first-order chi connectivity index (χ1) is 6.77. The van der Waals surface area contributed by atoms with E-state index in [1.807, 2.05) is 18.2 Å². The van der Waals surface area contributed by atoms with Crippen LogP contribution in [0.2, 0.25) is 0 Å². The molecule has 0 saturated carbocycles. The number of hydrogen-bond donors (Lipinski definition) is 1. The van der Waals surface area contributed by atoms with E-state index >= 15 is 0 Å². The molecule has 14 heavy (non-hydrogen) atoms. The van der Waals surface area contributed by atoms with Gasteiger partial charge in [0.1, 0.15) is 0 Å². The summed E-state index contributed by atoms with van der Waals surface area (Å²) in [6.45, 7) is 0. The van der Waals surface area contributed by atoms with Gasteiger partial charge in [0.05, 0.1) is 11.4 Å². The molecule has 0 radical (unpaired) electrons. The molecule has 2 aromatic rings. The summed E-state index contributed by atoms with van der Waals surface area (Å²) in [6.07, 6.45) is 1.69. The number of aromatic nitrogens is 2. The second-order valence-corrected chi connectivity index (χ2v) is 3.61. The molecule has 0 aromatic carbocycles. The zero-order valence-electron chi connectivity index (χ0n) is 7.20. The van der Waals surface area contributed by atoms with Crippen LogP contribution in [0.15, 0.2) is 45.8 Å². The highest BCUT2D eigenvalue weighted by atomic mass is 79.9. The lowest BCUT2D eigenvalue weighted by Gasteiger charge is -2.01. The van der Waals surface area contributed by atoms with Crippen LogP contribution in [0, 0.1) is 0 Å². The number of aromatic amines is 1. The van der Waals surface area contributed by atoms with Gasteiger partial charge in [0.15, 0.2) is 0 Å². The lowest BCUT2D eigenvalue weighted by Crippen LogP contribution is -2.05. The lowest BCUT2D eigenvalue weighted by atomic mass is 10.2. The fourth-order valence-corrected chi connectivity index (χ4v) is 1.59. The minimum atomic E-state index is -0.131. The summed E-state index contributed by atoms with van der Waals surface area (Å²) in [7, 11) is 0. The van der Waals surface area contributed by atoms with Crippen LogP contribution >= 0.6 is 15.9 Å². The number of nitrogens with zero attached hydrogens (tertiary/aromatic N) is 1. The minimum absolute atomic E-state index is 0.131. The Morgan fingerprint density at radius 3 is 2.79 bits per heavy atom. The van der Waals surface area contributed by atoms with E-state index in [0.29, 0.717) is 5.69 Å². The summed E-state index contributed by atoms with van der Waals surface area (Å²) in [6, 6.07) is 8.73. The van der Waals surface area contributed by atoms with E-state index in [1.165, 1.54) is 6.07 Å². The molecule has 0 spiro atoms. The third-order valence-corrected chi connectivity index (χ3v) is 2.45. The Hall–Kier alpha value is -1.42. The predicted molar refractivity (Wildman–Crippen MR) is 58.0 cm³/mol. The van der Waals surface area contributed by atoms with Crippen LogP contribution in [0.1, 0.15) is 0 Å². The van der Waals surface area contributed by atoms with E-state index < -0.39 is 0 Å². The molecule has 2 heterocycles.